The zero-order chi connectivity index (χ0) is 27.8. The van der Waals surface area contributed by atoms with Crippen molar-refractivity contribution in [1.82, 2.24) is 9.62 Å². The summed E-state index contributed by atoms with van der Waals surface area (Å²) < 4.78 is 35.2. The number of benzene rings is 3. The topological polar surface area (TPSA) is 132 Å². The first-order valence-corrected chi connectivity index (χ1v) is 14.4. The number of piperidine rings is 1. The lowest BCUT2D eigenvalue weighted by molar-refractivity contribution is 0.130. The standard InChI is InChI=1S/C30H35N5O3S/c1-22(31)35-18-16-28(17-19-35)38-27-14-11-24(12-15-27)21-26(34-39(36,37)29-8-3-2-4-9-29)13-10-23-6-5-7-25(20-23)30(32)33/h2-15,20,26,28,31,34H,16-19,21H2,1H3,(H3,32,33)/b13-10-,31-22?/t26-/m1/s1. The van der Waals surface area contributed by atoms with Gasteiger partial charge in [0.05, 0.1) is 10.7 Å². The molecule has 5 N–H and O–H groups in total. The van der Waals surface area contributed by atoms with Gasteiger partial charge in [0.15, 0.2) is 0 Å². The molecule has 1 atom stereocenters. The van der Waals surface area contributed by atoms with Gasteiger partial charge in [0.25, 0.3) is 0 Å². The molecule has 39 heavy (non-hydrogen) atoms. The highest BCUT2D eigenvalue weighted by atomic mass is 32.2. The molecular weight excluding hydrogens is 510 g/mol. The summed E-state index contributed by atoms with van der Waals surface area (Å²) in [6, 6.07) is 22.8. The highest BCUT2D eigenvalue weighted by Crippen LogP contribution is 2.21. The summed E-state index contributed by atoms with van der Waals surface area (Å²) in [5, 5.41) is 15.5. The van der Waals surface area contributed by atoms with Crippen LogP contribution in [0.15, 0.2) is 89.8 Å². The lowest BCUT2D eigenvalue weighted by Gasteiger charge is -2.32. The molecule has 4 rings (SSSR count). The number of ether oxygens (including phenoxy) is 1. The summed E-state index contributed by atoms with van der Waals surface area (Å²) >= 11 is 0. The van der Waals surface area contributed by atoms with Crippen molar-refractivity contribution in [2.45, 2.75) is 43.2 Å². The van der Waals surface area contributed by atoms with E-state index in [1.807, 2.05) is 55.5 Å². The van der Waals surface area contributed by atoms with Gasteiger partial charge < -0.3 is 15.4 Å². The van der Waals surface area contributed by atoms with Gasteiger partial charge >= 0.3 is 0 Å². The molecule has 0 spiro atoms. The van der Waals surface area contributed by atoms with E-state index < -0.39 is 16.1 Å². The van der Waals surface area contributed by atoms with Crippen LogP contribution in [0.3, 0.4) is 0 Å². The predicted octanol–water partition coefficient (Wildman–Crippen LogP) is 4.41. The van der Waals surface area contributed by atoms with Gasteiger partial charge in [0.1, 0.15) is 17.7 Å². The molecule has 1 heterocycles. The Labute approximate surface area is 230 Å². The highest BCUT2D eigenvalue weighted by Gasteiger charge is 2.21. The Hall–Kier alpha value is -3.95. The number of likely N-dealkylation sites (tertiary alicyclic amines) is 1. The summed E-state index contributed by atoms with van der Waals surface area (Å²) in [5.74, 6) is 1.35. The first-order chi connectivity index (χ1) is 18.7. The number of nitrogens with one attached hydrogen (secondary N) is 3. The molecule has 1 aliphatic heterocycles. The maximum absolute atomic E-state index is 13.1. The number of nitrogens with two attached hydrogens (primary N) is 1. The third-order valence-electron chi connectivity index (χ3n) is 6.68. The quantitative estimate of drug-likeness (QED) is 0.221. The van der Waals surface area contributed by atoms with E-state index in [1.165, 1.54) is 0 Å². The summed E-state index contributed by atoms with van der Waals surface area (Å²) in [4.78, 5) is 2.26. The minimum atomic E-state index is -3.74. The smallest absolute Gasteiger partial charge is 0.241 e. The molecule has 3 aromatic rings. The molecule has 9 heteroatoms. The molecular formula is C30H35N5O3S. The fourth-order valence-electron chi connectivity index (χ4n) is 4.51. The fraction of sp³-hybridized carbons (Fsp3) is 0.267. The van der Waals surface area contributed by atoms with Gasteiger partial charge in [-0.15, -0.1) is 0 Å². The molecule has 0 bridgehead atoms. The molecule has 204 valence electrons. The second-order valence-corrected chi connectivity index (χ2v) is 11.4. The van der Waals surface area contributed by atoms with E-state index in [4.69, 9.17) is 21.3 Å². The Morgan fingerprint density at radius 3 is 2.38 bits per heavy atom. The SMILES string of the molecule is CC(=N)N1CCC(Oc2ccc(C[C@@H](/C=C\c3cccc(C(=N)N)c3)NS(=O)(=O)c3ccccc3)cc2)CC1. The summed E-state index contributed by atoms with van der Waals surface area (Å²) in [7, 11) is -3.74. The second kappa shape index (κ2) is 12.7. The van der Waals surface area contributed by atoms with Gasteiger partial charge in [0, 0.05) is 37.5 Å². The van der Waals surface area contributed by atoms with Crippen LogP contribution < -0.4 is 15.2 Å². The van der Waals surface area contributed by atoms with E-state index in [9.17, 15) is 8.42 Å². The van der Waals surface area contributed by atoms with Crippen LogP contribution in [-0.4, -0.2) is 50.2 Å². The van der Waals surface area contributed by atoms with E-state index in [2.05, 4.69) is 9.62 Å². The number of sulfonamides is 1. The largest absolute Gasteiger partial charge is 0.490 e. The molecule has 1 saturated heterocycles. The van der Waals surface area contributed by atoms with Crippen molar-refractivity contribution in [3.05, 3.63) is 102 Å². The molecule has 0 radical (unpaired) electrons. The van der Waals surface area contributed by atoms with Crippen LogP contribution in [0.4, 0.5) is 0 Å². The monoisotopic (exact) mass is 545 g/mol. The molecule has 0 amide bonds. The summed E-state index contributed by atoms with van der Waals surface area (Å²) in [5.41, 5.74) is 8.01. The Balaban J connectivity index is 1.48. The van der Waals surface area contributed by atoms with Gasteiger partial charge in [-0.05, 0) is 54.8 Å². The molecule has 0 aromatic heterocycles. The van der Waals surface area contributed by atoms with Crippen LogP contribution in [0.25, 0.3) is 6.08 Å². The molecule has 3 aromatic carbocycles. The number of nitrogens with zero attached hydrogens (tertiary/aromatic N) is 1. The number of amidine groups is 2. The zero-order valence-corrected chi connectivity index (χ0v) is 22.8. The molecule has 1 aliphatic rings. The van der Waals surface area contributed by atoms with Crippen molar-refractivity contribution in [2.75, 3.05) is 13.1 Å². The van der Waals surface area contributed by atoms with E-state index >= 15 is 0 Å². The molecule has 0 unspecified atom stereocenters. The van der Waals surface area contributed by atoms with Gasteiger partial charge in [-0.25, -0.2) is 13.1 Å². The minimum Gasteiger partial charge on any atom is -0.490 e. The average molecular weight is 546 g/mol. The van der Waals surface area contributed by atoms with Gasteiger partial charge in [-0.2, -0.15) is 0 Å². The first-order valence-electron chi connectivity index (χ1n) is 13.0. The first kappa shape index (κ1) is 28.1. The molecule has 1 fully saturated rings. The Bertz CT molecular complexity index is 1410. The van der Waals surface area contributed by atoms with E-state index in [0.29, 0.717) is 17.8 Å². The van der Waals surface area contributed by atoms with Crippen molar-refractivity contribution in [3.63, 3.8) is 0 Å². The normalized spacial score (nSPS) is 15.3. The van der Waals surface area contributed by atoms with E-state index in [-0.39, 0.29) is 16.8 Å². The molecule has 8 nitrogen and oxygen atoms in total. The maximum Gasteiger partial charge on any atom is 0.241 e. The van der Waals surface area contributed by atoms with Crippen molar-refractivity contribution >= 4 is 27.8 Å². The fourth-order valence-corrected chi connectivity index (χ4v) is 5.72. The summed E-state index contributed by atoms with van der Waals surface area (Å²) in [6.45, 7) is 3.46. The van der Waals surface area contributed by atoms with Gasteiger partial charge in [0.2, 0.25) is 10.0 Å². The summed E-state index contributed by atoms with van der Waals surface area (Å²) in [6.07, 6.45) is 5.96. The number of hydrogen-bond donors (Lipinski definition) is 4. The van der Waals surface area contributed by atoms with E-state index in [1.54, 1.807) is 42.5 Å². The lowest BCUT2D eigenvalue weighted by Crippen LogP contribution is -2.40. The van der Waals surface area contributed by atoms with Crippen LogP contribution in [0, 0.1) is 10.8 Å². The van der Waals surface area contributed by atoms with Crippen molar-refractivity contribution in [2.24, 2.45) is 5.73 Å². The number of rotatable bonds is 10. The number of nitrogen functional groups attached to an aromatic ring is 1. The highest BCUT2D eigenvalue weighted by molar-refractivity contribution is 7.89. The minimum absolute atomic E-state index is 0.0238. The van der Waals surface area contributed by atoms with Crippen molar-refractivity contribution in [1.29, 1.82) is 10.8 Å². The lowest BCUT2D eigenvalue weighted by atomic mass is 10.0. The molecule has 0 aliphatic carbocycles. The van der Waals surface area contributed by atoms with Crippen LogP contribution >= 0.6 is 0 Å². The Kier molecular flexibility index (Phi) is 9.16. The van der Waals surface area contributed by atoms with Crippen molar-refractivity contribution < 1.29 is 13.2 Å². The third kappa shape index (κ3) is 8.02. The Morgan fingerprint density at radius 2 is 1.74 bits per heavy atom. The van der Waals surface area contributed by atoms with Crippen LogP contribution in [0.2, 0.25) is 0 Å². The van der Waals surface area contributed by atoms with Crippen molar-refractivity contribution in [3.8, 4) is 5.75 Å². The predicted molar refractivity (Wildman–Crippen MR) is 156 cm³/mol. The van der Waals surface area contributed by atoms with Crippen LogP contribution in [-0.2, 0) is 16.4 Å². The van der Waals surface area contributed by atoms with Crippen LogP contribution in [0.1, 0.15) is 36.5 Å². The third-order valence-corrected chi connectivity index (χ3v) is 8.18. The van der Waals surface area contributed by atoms with Crippen LogP contribution in [0.5, 0.6) is 5.75 Å². The Morgan fingerprint density at radius 1 is 1.05 bits per heavy atom. The second-order valence-electron chi connectivity index (χ2n) is 9.68. The zero-order valence-electron chi connectivity index (χ0n) is 22.0. The van der Waals surface area contributed by atoms with E-state index in [0.717, 1.165) is 42.8 Å². The van der Waals surface area contributed by atoms with Gasteiger partial charge in [-0.3, -0.25) is 10.8 Å². The number of hydrogen-bond acceptors (Lipinski definition) is 5. The maximum atomic E-state index is 13.1. The average Bonchev–Trinajstić information content (AvgIpc) is 2.93. The molecule has 0 saturated carbocycles. The van der Waals surface area contributed by atoms with Gasteiger partial charge in [-0.1, -0.05) is 60.7 Å².